The molecule has 3 N–H and O–H groups in total. The molecule has 0 saturated heterocycles. The molecule has 2 amide bonds. The van der Waals surface area contributed by atoms with E-state index in [0.717, 1.165) is 33.5 Å². The van der Waals surface area contributed by atoms with E-state index in [2.05, 4.69) is 23.5 Å². The number of anilines is 1. The molecule has 0 saturated carbocycles. The first-order valence-corrected chi connectivity index (χ1v) is 12.0. The number of benzene rings is 3. The maximum atomic E-state index is 13.6. The van der Waals surface area contributed by atoms with E-state index < -0.39 is 17.7 Å². The largest absolute Gasteiger partial charge is 0.444 e. The lowest BCUT2D eigenvalue weighted by atomic mass is 9.98. The van der Waals surface area contributed by atoms with Crippen LogP contribution in [0.1, 0.15) is 43.9 Å². The first kappa shape index (κ1) is 24.5. The molecule has 35 heavy (non-hydrogen) atoms. The highest BCUT2D eigenvalue weighted by atomic mass is 16.6. The van der Waals surface area contributed by atoms with Gasteiger partial charge < -0.3 is 20.7 Å². The molecule has 1 aliphatic rings. The van der Waals surface area contributed by atoms with Gasteiger partial charge in [-0.15, -0.1) is 0 Å². The minimum Gasteiger partial charge on any atom is -0.444 e. The number of carbonyl (C=O) groups is 2. The standard InChI is InChI=1S/C29H33N3O3/c1-29(2,3)35-28(34)31-25-17-16-22-8-5-7-11-26(22)32(27(25)33)19-20-12-14-21(15-13-20)24-10-6-4-9-23(24)18-30/h4-15,25H,16-19,30H2,1-3H3,(H,31,34). The van der Waals surface area contributed by atoms with Crippen LogP contribution >= 0.6 is 0 Å². The number of nitrogens with zero attached hydrogens (tertiary/aromatic N) is 1. The molecule has 0 bridgehead atoms. The molecule has 1 atom stereocenters. The van der Waals surface area contributed by atoms with E-state index in [1.54, 1.807) is 25.7 Å². The van der Waals surface area contributed by atoms with Crippen molar-refractivity contribution in [1.82, 2.24) is 5.32 Å². The summed E-state index contributed by atoms with van der Waals surface area (Å²) in [5.74, 6) is -0.140. The topological polar surface area (TPSA) is 84.7 Å². The van der Waals surface area contributed by atoms with Gasteiger partial charge in [-0.2, -0.15) is 0 Å². The van der Waals surface area contributed by atoms with Gasteiger partial charge in [0.05, 0.1) is 6.54 Å². The van der Waals surface area contributed by atoms with E-state index in [1.807, 2.05) is 54.6 Å². The fourth-order valence-electron chi connectivity index (χ4n) is 4.41. The van der Waals surface area contributed by atoms with E-state index in [9.17, 15) is 9.59 Å². The average Bonchev–Trinajstić information content (AvgIpc) is 2.96. The van der Waals surface area contributed by atoms with Crippen molar-refractivity contribution >= 4 is 17.7 Å². The maximum absolute atomic E-state index is 13.6. The van der Waals surface area contributed by atoms with Gasteiger partial charge in [0.1, 0.15) is 11.6 Å². The highest BCUT2D eigenvalue weighted by molar-refractivity contribution is 6.00. The van der Waals surface area contributed by atoms with Gasteiger partial charge in [0, 0.05) is 12.2 Å². The van der Waals surface area contributed by atoms with Gasteiger partial charge in [-0.1, -0.05) is 66.7 Å². The number of ether oxygens (including phenoxy) is 1. The van der Waals surface area contributed by atoms with Crippen LogP contribution in [0.25, 0.3) is 11.1 Å². The SMILES string of the molecule is CC(C)(C)OC(=O)NC1CCc2ccccc2N(Cc2ccc(-c3ccccc3CN)cc2)C1=O. The van der Waals surface area contributed by atoms with Gasteiger partial charge in [0.15, 0.2) is 0 Å². The molecule has 0 radical (unpaired) electrons. The molecule has 0 aliphatic carbocycles. The van der Waals surface area contributed by atoms with Crippen LogP contribution < -0.4 is 16.0 Å². The zero-order valence-electron chi connectivity index (χ0n) is 20.6. The number of hydrogen-bond donors (Lipinski definition) is 2. The summed E-state index contributed by atoms with van der Waals surface area (Å²) in [4.78, 5) is 27.8. The Morgan fingerprint density at radius 1 is 1.03 bits per heavy atom. The van der Waals surface area contributed by atoms with E-state index in [4.69, 9.17) is 10.5 Å². The predicted molar refractivity (Wildman–Crippen MR) is 139 cm³/mol. The van der Waals surface area contributed by atoms with Gasteiger partial charge in [0.25, 0.3) is 0 Å². The Bertz CT molecular complexity index is 1200. The van der Waals surface area contributed by atoms with E-state index in [0.29, 0.717) is 25.9 Å². The van der Waals surface area contributed by atoms with Crippen molar-refractivity contribution in [2.45, 2.75) is 58.3 Å². The Balaban J connectivity index is 1.58. The fourth-order valence-corrected chi connectivity index (χ4v) is 4.41. The summed E-state index contributed by atoms with van der Waals surface area (Å²) in [6.45, 7) is 6.29. The van der Waals surface area contributed by atoms with Crippen LogP contribution in [-0.2, 0) is 29.0 Å². The van der Waals surface area contributed by atoms with Gasteiger partial charge in [-0.3, -0.25) is 4.79 Å². The van der Waals surface area contributed by atoms with Crippen LogP contribution in [0, 0.1) is 0 Å². The predicted octanol–water partition coefficient (Wildman–Crippen LogP) is 5.19. The van der Waals surface area contributed by atoms with Gasteiger partial charge in [-0.05, 0) is 67.5 Å². The number of aryl methyl sites for hydroxylation is 1. The average molecular weight is 472 g/mol. The maximum Gasteiger partial charge on any atom is 0.408 e. The number of amides is 2. The number of hydrogen-bond acceptors (Lipinski definition) is 4. The van der Waals surface area contributed by atoms with Crippen molar-refractivity contribution in [3.8, 4) is 11.1 Å². The quantitative estimate of drug-likeness (QED) is 0.537. The lowest BCUT2D eigenvalue weighted by Gasteiger charge is -2.27. The molecule has 4 rings (SSSR count). The second kappa shape index (κ2) is 10.3. The number of carbonyl (C=O) groups excluding carboxylic acids is 2. The van der Waals surface area contributed by atoms with Crippen LogP contribution in [-0.4, -0.2) is 23.6 Å². The minimum absolute atomic E-state index is 0.140. The highest BCUT2D eigenvalue weighted by Gasteiger charge is 2.32. The lowest BCUT2D eigenvalue weighted by molar-refractivity contribution is -0.120. The van der Waals surface area contributed by atoms with Gasteiger partial charge in [0.2, 0.25) is 5.91 Å². The third kappa shape index (κ3) is 5.89. The summed E-state index contributed by atoms with van der Waals surface area (Å²) in [5.41, 5.74) is 11.5. The number of fused-ring (bicyclic) bond motifs is 1. The monoisotopic (exact) mass is 471 g/mol. The van der Waals surface area contributed by atoms with Crippen LogP contribution in [0.2, 0.25) is 0 Å². The van der Waals surface area contributed by atoms with Crippen molar-refractivity contribution in [2.75, 3.05) is 4.90 Å². The summed E-state index contributed by atoms with van der Waals surface area (Å²) in [7, 11) is 0. The third-order valence-corrected chi connectivity index (χ3v) is 6.08. The molecule has 1 aliphatic heterocycles. The second-order valence-corrected chi connectivity index (χ2v) is 9.85. The fraction of sp³-hybridized carbons (Fsp3) is 0.310. The van der Waals surface area contributed by atoms with E-state index >= 15 is 0 Å². The molecule has 1 unspecified atom stereocenters. The van der Waals surface area contributed by atoms with Crippen molar-refractivity contribution in [3.05, 3.63) is 89.5 Å². The zero-order chi connectivity index (χ0) is 25.0. The lowest BCUT2D eigenvalue weighted by Crippen LogP contribution is -2.49. The Morgan fingerprint density at radius 2 is 1.71 bits per heavy atom. The Morgan fingerprint density at radius 3 is 2.43 bits per heavy atom. The summed E-state index contributed by atoms with van der Waals surface area (Å²) < 4.78 is 5.40. The van der Waals surface area contributed by atoms with Gasteiger partial charge in [-0.25, -0.2) is 4.79 Å². The summed E-state index contributed by atoms with van der Waals surface area (Å²) in [6, 6.07) is 23.6. The van der Waals surface area contributed by atoms with Crippen LogP contribution in [0.5, 0.6) is 0 Å². The number of para-hydroxylation sites is 1. The normalized spacial score (nSPS) is 15.8. The van der Waals surface area contributed by atoms with Crippen molar-refractivity contribution in [2.24, 2.45) is 5.73 Å². The number of nitrogens with two attached hydrogens (primary N) is 1. The second-order valence-electron chi connectivity index (χ2n) is 9.85. The molecule has 0 fully saturated rings. The first-order valence-electron chi connectivity index (χ1n) is 12.0. The molecule has 0 aromatic heterocycles. The van der Waals surface area contributed by atoms with Crippen molar-refractivity contribution < 1.29 is 14.3 Å². The highest BCUT2D eigenvalue weighted by Crippen LogP contribution is 2.30. The molecular weight excluding hydrogens is 438 g/mol. The van der Waals surface area contributed by atoms with E-state index in [-0.39, 0.29) is 5.91 Å². The minimum atomic E-state index is -0.659. The molecule has 3 aromatic carbocycles. The molecule has 3 aromatic rings. The molecule has 1 heterocycles. The third-order valence-electron chi connectivity index (χ3n) is 6.08. The number of alkyl carbamates (subject to hydrolysis) is 1. The molecule has 182 valence electrons. The molecule has 6 nitrogen and oxygen atoms in total. The Labute approximate surface area is 207 Å². The van der Waals surface area contributed by atoms with Crippen LogP contribution in [0.15, 0.2) is 72.8 Å². The smallest absolute Gasteiger partial charge is 0.408 e. The Kier molecular flexibility index (Phi) is 7.22. The van der Waals surface area contributed by atoms with Crippen molar-refractivity contribution in [1.29, 1.82) is 0 Å². The van der Waals surface area contributed by atoms with Crippen molar-refractivity contribution in [3.63, 3.8) is 0 Å². The molecule has 6 heteroatoms. The molecular formula is C29H33N3O3. The number of rotatable bonds is 5. The number of nitrogens with one attached hydrogen (secondary N) is 1. The molecule has 0 spiro atoms. The van der Waals surface area contributed by atoms with Crippen LogP contribution in [0.3, 0.4) is 0 Å². The summed E-state index contributed by atoms with van der Waals surface area (Å²) >= 11 is 0. The first-order chi connectivity index (χ1) is 16.7. The van der Waals surface area contributed by atoms with Gasteiger partial charge >= 0.3 is 6.09 Å². The summed E-state index contributed by atoms with van der Waals surface area (Å²) in [5, 5.41) is 2.79. The Hall–Kier alpha value is -3.64. The van der Waals surface area contributed by atoms with E-state index in [1.165, 1.54) is 0 Å². The van der Waals surface area contributed by atoms with Crippen LogP contribution in [0.4, 0.5) is 10.5 Å². The summed E-state index contributed by atoms with van der Waals surface area (Å²) in [6.07, 6.45) is 0.623. The zero-order valence-corrected chi connectivity index (χ0v) is 20.6.